The third-order valence-corrected chi connectivity index (χ3v) is 5.66. The van der Waals surface area contributed by atoms with Crippen molar-refractivity contribution in [1.29, 1.82) is 0 Å². The van der Waals surface area contributed by atoms with Crippen LogP contribution >= 0.6 is 0 Å². The van der Waals surface area contributed by atoms with E-state index in [4.69, 9.17) is 5.11 Å². The highest BCUT2D eigenvalue weighted by Gasteiger charge is 2.19. The van der Waals surface area contributed by atoms with Gasteiger partial charge in [-0.2, -0.15) is 0 Å². The Morgan fingerprint density at radius 2 is 1.67 bits per heavy atom. The highest BCUT2D eigenvalue weighted by atomic mass is 16.2. The van der Waals surface area contributed by atoms with Gasteiger partial charge in [0, 0.05) is 6.61 Å². The van der Waals surface area contributed by atoms with E-state index in [1.165, 1.54) is 53.5 Å². The highest BCUT2D eigenvalue weighted by Crippen LogP contribution is 2.36. The molecule has 2 aromatic rings. The van der Waals surface area contributed by atoms with E-state index < -0.39 is 0 Å². The summed E-state index contributed by atoms with van der Waals surface area (Å²) in [6, 6.07) is 15.9. The predicted molar refractivity (Wildman–Crippen MR) is 102 cm³/mol. The normalized spacial score (nSPS) is 21.0. The molecule has 0 aliphatic heterocycles. The lowest BCUT2D eigenvalue weighted by atomic mass is 9.79. The zero-order valence-electron chi connectivity index (χ0n) is 15.1. The molecule has 0 bridgehead atoms. The van der Waals surface area contributed by atoms with E-state index in [1.807, 2.05) is 0 Å². The summed E-state index contributed by atoms with van der Waals surface area (Å²) in [5.74, 6) is 1.66. The summed E-state index contributed by atoms with van der Waals surface area (Å²) in [5.41, 5.74) is 6.77. The van der Waals surface area contributed by atoms with Crippen molar-refractivity contribution in [2.24, 2.45) is 5.92 Å². The molecule has 1 nitrogen and oxygen atoms in total. The van der Waals surface area contributed by atoms with Gasteiger partial charge in [-0.05, 0) is 65.3 Å². The fourth-order valence-electron chi connectivity index (χ4n) is 4.03. The number of aliphatic hydroxyl groups is 1. The fourth-order valence-corrected chi connectivity index (χ4v) is 4.03. The van der Waals surface area contributed by atoms with Crippen molar-refractivity contribution in [3.8, 4) is 11.1 Å². The van der Waals surface area contributed by atoms with Crippen molar-refractivity contribution >= 4 is 0 Å². The summed E-state index contributed by atoms with van der Waals surface area (Å²) in [5, 5.41) is 9.14. The van der Waals surface area contributed by atoms with Gasteiger partial charge in [-0.15, -0.1) is 0 Å². The summed E-state index contributed by atoms with van der Waals surface area (Å²) in [4.78, 5) is 0. The van der Waals surface area contributed by atoms with E-state index in [0.29, 0.717) is 0 Å². The van der Waals surface area contributed by atoms with Crippen LogP contribution in [0.3, 0.4) is 0 Å². The van der Waals surface area contributed by atoms with Crippen molar-refractivity contribution in [2.45, 2.75) is 58.3 Å². The number of rotatable bonds is 5. The highest BCUT2D eigenvalue weighted by molar-refractivity contribution is 5.68. The van der Waals surface area contributed by atoms with Gasteiger partial charge in [0.15, 0.2) is 0 Å². The average Bonchev–Trinajstić information content (AvgIpc) is 2.63. The van der Waals surface area contributed by atoms with Gasteiger partial charge >= 0.3 is 0 Å². The molecule has 0 radical (unpaired) electrons. The minimum absolute atomic E-state index is 0.219. The van der Waals surface area contributed by atoms with Gasteiger partial charge in [-0.25, -0.2) is 0 Å². The van der Waals surface area contributed by atoms with Gasteiger partial charge in [-0.1, -0.05) is 69.2 Å². The summed E-state index contributed by atoms with van der Waals surface area (Å²) in [7, 11) is 0. The molecule has 0 atom stereocenters. The van der Waals surface area contributed by atoms with Crippen LogP contribution in [0, 0.1) is 5.92 Å². The second-order valence-electron chi connectivity index (χ2n) is 7.40. The number of aliphatic hydroxyl groups excluding tert-OH is 1. The van der Waals surface area contributed by atoms with Gasteiger partial charge in [0.25, 0.3) is 0 Å². The number of hydrogen-bond acceptors (Lipinski definition) is 1. The predicted octanol–water partition coefficient (Wildman–Crippen LogP) is 5.74. The molecule has 2 aromatic carbocycles. The molecular weight excluding hydrogens is 292 g/mol. The second-order valence-corrected chi connectivity index (χ2v) is 7.40. The molecule has 0 saturated heterocycles. The smallest absolute Gasteiger partial charge is 0.0471 e. The van der Waals surface area contributed by atoms with E-state index in [0.717, 1.165) is 24.7 Å². The third kappa shape index (κ3) is 3.89. The van der Waals surface area contributed by atoms with Crippen LogP contribution in [-0.2, 0) is 12.8 Å². The van der Waals surface area contributed by atoms with Crippen LogP contribution in [0.2, 0.25) is 0 Å². The Morgan fingerprint density at radius 1 is 0.958 bits per heavy atom. The van der Waals surface area contributed by atoms with Gasteiger partial charge < -0.3 is 5.11 Å². The molecule has 1 heteroatoms. The summed E-state index contributed by atoms with van der Waals surface area (Å²) >= 11 is 0. The zero-order chi connectivity index (χ0) is 16.9. The Kier molecular flexibility index (Phi) is 5.73. The summed E-state index contributed by atoms with van der Waals surface area (Å²) < 4.78 is 0. The molecule has 0 amide bonds. The minimum Gasteiger partial charge on any atom is -0.396 e. The van der Waals surface area contributed by atoms with Crippen LogP contribution in [-0.4, -0.2) is 11.7 Å². The fraction of sp³-hybridized carbons (Fsp3) is 0.478. The molecule has 1 fully saturated rings. The maximum Gasteiger partial charge on any atom is 0.0471 e. The first kappa shape index (κ1) is 17.2. The van der Waals surface area contributed by atoms with Crippen molar-refractivity contribution in [2.75, 3.05) is 6.61 Å². The van der Waals surface area contributed by atoms with E-state index in [-0.39, 0.29) is 6.61 Å². The van der Waals surface area contributed by atoms with E-state index >= 15 is 0 Å². The van der Waals surface area contributed by atoms with Gasteiger partial charge in [0.05, 0.1) is 0 Å². The average molecular weight is 322 g/mol. The van der Waals surface area contributed by atoms with Crippen LogP contribution in [0.25, 0.3) is 11.1 Å². The number of hydrogen-bond donors (Lipinski definition) is 1. The summed E-state index contributed by atoms with van der Waals surface area (Å²) in [6.07, 6.45) is 7.20. The summed E-state index contributed by atoms with van der Waals surface area (Å²) in [6.45, 7) is 4.81. The molecule has 0 aromatic heterocycles. The topological polar surface area (TPSA) is 20.2 Å². The van der Waals surface area contributed by atoms with Gasteiger partial charge in [0.1, 0.15) is 0 Å². The second kappa shape index (κ2) is 7.98. The molecule has 0 heterocycles. The van der Waals surface area contributed by atoms with Crippen molar-refractivity contribution in [1.82, 2.24) is 0 Å². The maximum absolute atomic E-state index is 9.14. The van der Waals surface area contributed by atoms with Crippen LogP contribution in [0.5, 0.6) is 0 Å². The van der Waals surface area contributed by atoms with Crippen LogP contribution in [0.15, 0.2) is 42.5 Å². The SMILES string of the molecule is CCc1cc(CCO)ccc1-c1ccc(C2CCC(C)CC2)cc1. The first-order valence-corrected chi connectivity index (χ1v) is 9.54. The Balaban J connectivity index is 1.80. The largest absolute Gasteiger partial charge is 0.396 e. The zero-order valence-corrected chi connectivity index (χ0v) is 15.1. The maximum atomic E-state index is 9.14. The van der Waals surface area contributed by atoms with Gasteiger partial charge in [0.2, 0.25) is 0 Å². The number of benzene rings is 2. The first-order valence-electron chi connectivity index (χ1n) is 9.54. The number of aryl methyl sites for hydroxylation is 1. The third-order valence-electron chi connectivity index (χ3n) is 5.66. The Hall–Kier alpha value is -1.60. The monoisotopic (exact) mass is 322 g/mol. The van der Waals surface area contributed by atoms with Crippen LogP contribution in [0.4, 0.5) is 0 Å². The lowest BCUT2D eigenvalue weighted by molar-refractivity contribution is 0.299. The molecule has 0 spiro atoms. The lowest BCUT2D eigenvalue weighted by Gasteiger charge is -2.26. The molecule has 0 unspecified atom stereocenters. The quantitative estimate of drug-likeness (QED) is 0.743. The van der Waals surface area contributed by atoms with Crippen molar-refractivity contribution in [3.05, 3.63) is 59.2 Å². The van der Waals surface area contributed by atoms with E-state index in [1.54, 1.807) is 0 Å². The van der Waals surface area contributed by atoms with Crippen molar-refractivity contribution < 1.29 is 5.11 Å². The molecule has 1 saturated carbocycles. The van der Waals surface area contributed by atoms with Crippen molar-refractivity contribution in [3.63, 3.8) is 0 Å². The molecule has 1 aliphatic carbocycles. The molecule has 24 heavy (non-hydrogen) atoms. The molecule has 3 rings (SSSR count). The molecule has 1 N–H and O–H groups in total. The van der Waals surface area contributed by atoms with Crippen LogP contribution in [0.1, 0.15) is 62.1 Å². The molecule has 1 aliphatic rings. The van der Waals surface area contributed by atoms with E-state index in [9.17, 15) is 0 Å². The standard InChI is InChI=1S/C23H30O/c1-3-19-16-18(14-15-24)6-13-23(19)22-11-9-21(10-12-22)20-7-4-17(2)5-8-20/h6,9-13,16-17,20,24H,3-5,7-8,14-15H2,1-2H3. The Labute approximate surface area is 146 Å². The Morgan fingerprint density at radius 3 is 2.29 bits per heavy atom. The Bertz CT molecular complexity index is 648. The van der Waals surface area contributed by atoms with Gasteiger partial charge in [-0.3, -0.25) is 0 Å². The minimum atomic E-state index is 0.219. The molecular formula is C23H30O. The van der Waals surface area contributed by atoms with Crippen LogP contribution < -0.4 is 0 Å². The first-order chi connectivity index (χ1) is 11.7. The molecule has 128 valence electrons. The van der Waals surface area contributed by atoms with E-state index in [2.05, 4.69) is 56.3 Å². The lowest BCUT2D eigenvalue weighted by Crippen LogP contribution is -2.10.